The molecular weight excluding hydrogens is 346 g/mol. The lowest BCUT2D eigenvalue weighted by atomic mass is 10.3. The summed E-state index contributed by atoms with van der Waals surface area (Å²) < 4.78 is 31.7. The van der Waals surface area contributed by atoms with E-state index in [1.165, 1.54) is 17.4 Å². The van der Waals surface area contributed by atoms with Crippen LogP contribution in [0, 0.1) is 6.92 Å². The van der Waals surface area contributed by atoms with E-state index in [1.807, 2.05) is 0 Å². The number of benzene rings is 1. The SMILES string of the molecule is Cc1cc(CN(C)S(=O)(=O)c2cc(Br)ccc2N)no1. The van der Waals surface area contributed by atoms with Gasteiger partial charge in [-0.05, 0) is 25.1 Å². The van der Waals surface area contributed by atoms with Crippen LogP contribution in [-0.2, 0) is 16.6 Å². The van der Waals surface area contributed by atoms with Gasteiger partial charge in [0.05, 0.1) is 17.9 Å². The summed E-state index contributed by atoms with van der Waals surface area (Å²) in [5, 5.41) is 3.78. The number of aromatic nitrogens is 1. The summed E-state index contributed by atoms with van der Waals surface area (Å²) in [5.41, 5.74) is 6.50. The zero-order valence-corrected chi connectivity index (χ0v) is 13.4. The molecule has 0 unspecified atom stereocenters. The number of sulfonamides is 1. The van der Waals surface area contributed by atoms with E-state index in [-0.39, 0.29) is 17.1 Å². The standard InChI is InChI=1S/C12H14BrN3O3S/c1-8-5-10(15-19-8)7-16(2)20(17,18)12-6-9(13)3-4-11(12)14/h3-6H,7,14H2,1-2H3. The number of anilines is 1. The Morgan fingerprint density at radius 2 is 2.10 bits per heavy atom. The molecule has 0 saturated heterocycles. The van der Waals surface area contributed by atoms with Crippen molar-refractivity contribution >= 4 is 31.6 Å². The fourth-order valence-corrected chi connectivity index (χ4v) is 3.50. The normalized spacial score (nSPS) is 12.0. The van der Waals surface area contributed by atoms with E-state index in [9.17, 15) is 8.42 Å². The molecule has 0 spiro atoms. The van der Waals surface area contributed by atoms with Crippen LogP contribution in [0.4, 0.5) is 5.69 Å². The molecule has 6 nitrogen and oxygen atoms in total. The molecule has 0 aliphatic rings. The van der Waals surface area contributed by atoms with Crippen molar-refractivity contribution in [1.82, 2.24) is 9.46 Å². The molecule has 1 aromatic carbocycles. The smallest absolute Gasteiger partial charge is 0.245 e. The van der Waals surface area contributed by atoms with Crippen LogP contribution < -0.4 is 5.73 Å². The van der Waals surface area contributed by atoms with Gasteiger partial charge in [0.2, 0.25) is 10.0 Å². The topological polar surface area (TPSA) is 89.4 Å². The number of hydrogen-bond acceptors (Lipinski definition) is 5. The van der Waals surface area contributed by atoms with Gasteiger partial charge in [-0.1, -0.05) is 21.1 Å². The quantitative estimate of drug-likeness (QED) is 0.844. The maximum absolute atomic E-state index is 12.5. The second-order valence-corrected chi connectivity index (χ2v) is 7.30. The first kappa shape index (κ1) is 15.0. The highest BCUT2D eigenvalue weighted by atomic mass is 79.9. The number of nitrogens with two attached hydrogens (primary N) is 1. The van der Waals surface area contributed by atoms with Gasteiger partial charge in [-0.25, -0.2) is 8.42 Å². The van der Waals surface area contributed by atoms with Crippen molar-refractivity contribution in [1.29, 1.82) is 0 Å². The van der Waals surface area contributed by atoms with Gasteiger partial charge < -0.3 is 10.3 Å². The predicted octanol–water partition coefficient (Wildman–Crippen LogP) is 2.15. The summed E-state index contributed by atoms with van der Waals surface area (Å²) in [4.78, 5) is 0.0644. The lowest BCUT2D eigenvalue weighted by molar-refractivity contribution is 0.378. The molecule has 2 N–H and O–H groups in total. The van der Waals surface area contributed by atoms with Gasteiger partial charge in [0.25, 0.3) is 0 Å². The minimum absolute atomic E-state index is 0.0644. The number of hydrogen-bond donors (Lipinski definition) is 1. The minimum Gasteiger partial charge on any atom is -0.398 e. The molecule has 108 valence electrons. The molecule has 0 atom stereocenters. The third-order valence-corrected chi connectivity index (χ3v) is 5.08. The summed E-state index contributed by atoms with van der Waals surface area (Å²) in [5.74, 6) is 0.632. The average molecular weight is 360 g/mol. The maximum atomic E-state index is 12.5. The fraction of sp³-hybridized carbons (Fsp3) is 0.250. The predicted molar refractivity (Wildman–Crippen MR) is 78.4 cm³/mol. The molecule has 20 heavy (non-hydrogen) atoms. The zero-order valence-electron chi connectivity index (χ0n) is 11.0. The molecule has 0 amide bonds. The highest BCUT2D eigenvalue weighted by molar-refractivity contribution is 9.10. The Kier molecular flexibility index (Phi) is 4.17. The number of nitrogens with zero attached hydrogens (tertiary/aromatic N) is 2. The zero-order chi connectivity index (χ0) is 14.9. The summed E-state index contributed by atoms with van der Waals surface area (Å²) in [6.07, 6.45) is 0. The van der Waals surface area contributed by atoms with Gasteiger partial charge in [-0.15, -0.1) is 0 Å². The molecule has 1 aromatic heterocycles. The minimum atomic E-state index is -3.68. The summed E-state index contributed by atoms with van der Waals surface area (Å²) in [7, 11) is -2.21. The largest absolute Gasteiger partial charge is 0.398 e. The first-order valence-corrected chi connectivity index (χ1v) is 7.97. The van der Waals surface area contributed by atoms with Gasteiger partial charge in [0.15, 0.2) is 0 Å². The van der Waals surface area contributed by atoms with Crippen molar-refractivity contribution in [2.45, 2.75) is 18.4 Å². The summed E-state index contributed by atoms with van der Waals surface area (Å²) in [6.45, 7) is 1.86. The Morgan fingerprint density at radius 1 is 1.40 bits per heavy atom. The Balaban J connectivity index is 2.32. The second kappa shape index (κ2) is 5.55. The molecular formula is C12H14BrN3O3S. The van der Waals surface area contributed by atoms with Crippen LogP contribution in [-0.4, -0.2) is 24.9 Å². The van der Waals surface area contributed by atoms with Crippen molar-refractivity contribution in [3.63, 3.8) is 0 Å². The highest BCUT2D eigenvalue weighted by Gasteiger charge is 2.24. The fourth-order valence-electron chi connectivity index (χ4n) is 1.71. The first-order chi connectivity index (χ1) is 9.30. The van der Waals surface area contributed by atoms with Crippen molar-refractivity contribution in [3.8, 4) is 0 Å². The Labute approximate surface area is 125 Å². The molecule has 0 aliphatic carbocycles. The van der Waals surface area contributed by atoms with Crippen LogP contribution in [0.25, 0.3) is 0 Å². The van der Waals surface area contributed by atoms with Crippen molar-refractivity contribution in [3.05, 3.63) is 40.2 Å². The third-order valence-electron chi connectivity index (χ3n) is 2.73. The van der Waals surface area contributed by atoms with Gasteiger partial charge in [0.1, 0.15) is 10.7 Å². The molecule has 2 rings (SSSR count). The highest BCUT2D eigenvalue weighted by Crippen LogP contribution is 2.26. The van der Waals surface area contributed by atoms with E-state index in [1.54, 1.807) is 25.1 Å². The maximum Gasteiger partial charge on any atom is 0.245 e. The molecule has 0 aliphatic heterocycles. The molecule has 2 aromatic rings. The average Bonchev–Trinajstić information content (AvgIpc) is 2.77. The van der Waals surface area contributed by atoms with Crippen molar-refractivity contribution in [2.75, 3.05) is 12.8 Å². The van der Waals surface area contributed by atoms with Crippen molar-refractivity contribution in [2.24, 2.45) is 0 Å². The number of nitrogen functional groups attached to an aromatic ring is 1. The van der Waals surface area contributed by atoms with Crippen LogP contribution in [0.3, 0.4) is 0 Å². The number of rotatable bonds is 4. The lowest BCUT2D eigenvalue weighted by Gasteiger charge is -2.17. The van der Waals surface area contributed by atoms with E-state index >= 15 is 0 Å². The van der Waals surface area contributed by atoms with Crippen LogP contribution in [0.1, 0.15) is 11.5 Å². The molecule has 1 heterocycles. The number of aryl methyl sites for hydroxylation is 1. The van der Waals surface area contributed by atoms with E-state index in [2.05, 4.69) is 21.1 Å². The second-order valence-electron chi connectivity index (χ2n) is 4.37. The molecule has 0 radical (unpaired) electrons. The van der Waals surface area contributed by atoms with Gasteiger partial charge in [-0.2, -0.15) is 4.31 Å². The molecule has 0 fully saturated rings. The Bertz CT molecular complexity index is 727. The first-order valence-electron chi connectivity index (χ1n) is 5.74. The Morgan fingerprint density at radius 3 is 2.70 bits per heavy atom. The van der Waals surface area contributed by atoms with Crippen molar-refractivity contribution < 1.29 is 12.9 Å². The van der Waals surface area contributed by atoms with Gasteiger partial charge in [-0.3, -0.25) is 0 Å². The molecule has 8 heteroatoms. The van der Waals surface area contributed by atoms with E-state index in [4.69, 9.17) is 10.3 Å². The summed E-state index contributed by atoms with van der Waals surface area (Å²) >= 11 is 3.24. The van der Waals surface area contributed by atoms with E-state index in [0.29, 0.717) is 15.9 Å². The van der Waals surface area contributed by atoms with Crippen LogP contribution >= 0.6 is 15.9 Å². The summed E-state index contributed by atoms with van der Waals surface area (Å²) in [6, 6.07) is 6.41. The van der Waals surface area contributed by atoms with E-state index in [0.717, 1.165) is 0 Å². The lowest BCUT2D eigenvalue weighted by Crippen LogP contribution is -2.27. The van der Waals surface area contributed by atoms with E-state index < -0.39 is 10.0 Å². The number of halogens is 1. The third kappa shape index (κ3) is 3.02. The van der Waals surface area contributed by atoms with Crippen LogP contribution in [0.2, 0.25) is 0 Å². The van der Waals surface area contributed by atoms with Gasteiger partial charge >= 0.3 is 0 Å². The Hall–Kier alpha value is -1.38. The van der Waals surface area contributed by atoms with Crippen LogP contribution in [0.15, 0.2) is 38.2 Å². The molecule has 0 saturated carbocycles. The van der Waals surface area contributed by atoms with Crippen LogP contribution in [0.5, 0.6) is 0 Å². The molecule has 0 bridgehead atoms. The monoisotopic (exact) mass is 359 g/mol. The van der Waals surface area contributed by atoms with Gasteiger partial charge in [0, 0.05) is 17.6 Å².